The molecule has 0 saturated heterocycles. The smallest absolute Gasteiger partial charge is 0.0246 e. The second-order valence-corrected chi connectivity index (χ2v) is 4.36. The Balaban J connectivity index is 2.65. The van der Waals surface area contributed by atoms with E-state index >= 15 is 0 Å². The second-order valence-electron chi connectivity index (χ2n) is 2.96. The molecule has 0 unspecified atom stereocenters. The fourth-order valence-corrected chi connectivity index (χ4v) is 1.83. The maximum atomic E-state index is 2.35. The topological polar surface area (TPSA) is 0 Å². The van der Waals surface area contributed by atoms with E-state index in [1.165, 1.54) is 44.6 Å². The van der Waals surface area contributed by atoms with Crippen molar-refractivity contribution in [2.45, 2.75) is 58.0 Å². The molecule has 0 saturated carbocycles. The van der Waals surface area contributed by atoms with Crippen LogP contribution in [0.1, 0.15) is 45.4 Å². The van der Waals surface area contributed by atoms with Gasteiger partial charge in [-0.15, -0.1) is 0 Å². The highest BCUT2D eigenvalue weighted by molar-refractivity contribution is 6.33. The molecule has 0 heterocycles. The van der Waals surface area contributed by atoms with Crippen molar-refractivity contribution >= 4 is 9.52 Å². The van der Waals surface area contributed by atoms with Crippen LogP contribution in [0.5, 0.6) is 0 Å². The lowest BCUT2D eigenvalue weighted by molar-refractivity contribution is 0.624. The van der Waals surface area contributed by atoms with Crippen molar-refractivity contribution < 1.29 is 0 Å². The highest BCUT2D eigenvalue weighted by Crippen LogP contribution is 2.06. The molecular weight excluding hydrogens is 136 g/mol. The maximum Gasteiger partial charge on any atom is 0.0246 e. The summed E-state index contributed by atoms with van der Waals surface area (Å²) in [6.45, 7) is 4.63. The molecule has 0 bridgehead atoms. The van der Waals surface area contributed by atoms with Crippen LogP contribution in [0.3, 0.4) is 0 Å². The van der Waals surface area contributed by atoms with Gasteiger partial charge in [0.15, 0.2) is 0 Å². The van der Waals surface area contributed by atoms with Gasteiger partial charge in [0.05, 0.1) is 0 Å². The quantitative estimate of drug-likeness (QED) is 0.393. The Morgan fingerprint density at radius 1 is 0.900 bits per heavy atom. The SMILES string of the molecule is CCCCCCCC[SiH]C. The van der Waals surface area contributed by atoms with Crippen molar-refractivity contribution in [1.82, 2.24) is 0 Å². The van der Waals surface area contributed by atoms with Crippen molar-refractivity contribution in [1.29, 1.82) is 0 Å². The molecule has 0 nitrogen and oxygen atoms in total. The fourth-order valence-electron chi connectivity index (χ4n) is 1.13. The lowest BCUT2D eigenvalue weighted by Gasteiger charge is -1.97. The highest BCUT2D eigenvalue weighted by atomic mass is 28.2. The average molecular weight is 157 g/mol. The van der Waals surface area contributed by atoms with Gasteiger partial charge in [-0.05, 0) is 0 Å². The van der Waals surface area contributed by atoms with Gasteiger partial charge in [0.2, 0.25) is 0 Å². The first-order valence-corrected chi connectivity index (χ1v) is 6.66. The van der Waals surface area contributed by atoms with Crippen molar-refractivity contribution in [2.24, 2.45) is 0 Å². The van der Waals surface area contributed by atoms with Crippen LogP contribution in [-0.2, 0) is 0 Å². The van der Waals surface area contributed by atoms with Gasteiger partial charge in [-0.25, -0.2) is 0 Å². The lowest BCUT2D eigenvalue weighted by atomic mass is 10.1. The molecule has 0 aromatic heterocycles. The Morgan fingerprint density at radius 2 is 1.50 bits per heavy atom. The second kappa shape index (κ2) is 9.22. The third-order valence-electron chi connectivity index (χ3n) is 1.85. The van der Waals surface area contributed by atoms with Crippen LogP contribution in [0, 0.1) is 0 Å². The third kappa shape index (κ3) is 8.22. The molecule has 0 atom stereocenters. The van der Waals surface area contributed by atoms with E-state index in [-0.39, 0.29) is 0 Å². The molecule has 0 aliphatic rings. The van der Waals surface area contributed by atoms with Gasteiger partial charge < -0.3 is 0 Å². The minimum Gasteiger partial charge on any atom is -0.0741 e. The summed E-state index contributed by atoms with van der Waals surface area (Å²) in [6, 6.07) is 1.52. The largest absolute Gasteiger partial charge is 0.0741 e. The van der Waals surface area contributed by atoms with Crippen LogP contribution in [0.25, 0.3) is 0 Å². The minimum absolute atomic E-state index is 0.772. The van der Waals surface area contributed by atoms with Gasteiger partial charge in [-0.2, -0.15) is 0 Å². The van der Waals surface area contributed by atoms with Crippen molar-refractivity contribution in [2.75, 3.05) is 0 Å². The molecule has 1 heteroatoms. The molecule has 0 aliphatic heterocycles. The molecular formula is C9H21Si. The molecule has 0 aromatic rings. The van der Waals surface area contributed by atoms with E-state index in [4.69, 9.17) is 0 Å². The Bertz CT molecular complexity index is 44.7. The van der Waals surface area contributed by atoms with Crippen molar-refractivity contribution in [3.63, 3.8) is 0 Å². The summed E-state index contributed by atoms with van der Waals surface area (Å²) in [7, 11) is 0.772. The fraction of sp³-hybridized carbons (Fsp3) is 1.00. The Morgan fingerprint density at radius 3 is 2.10 bits per heavy atom. The summed E-state index contributed by atoms with van der Waals surface area (Å²) in [6.07, 6.45) is 8.75. The first-order chi connectivity index (χ1) is 4.91. The number of hydrogen-bond donors (Lipinski definition) is 0. The van der Waals surface area contributed by atoms with Crippen molar-refractivity contribution in [3.8, 4) is 0 Å². The van der Waals surface area contributed by atoms with Crippen LogP contribution in [0.4, 0.5) is 0 Å². The summed E-state index contributed by atoms with van der Waals surface area (Å²) in [4.78, 5) is 0. The summed E-state index contributed by atoms with van der Waals surface area (Å²) in [5.74, 6) is 0. The predicted molar refractivity (Wildman–Crippen MR) is 51.2 cm³/mol. The van der Waals surface area contributed by atoms with Gasteiger partial charge in [0, 0.05) is 9.52 Å². The Hall–Kier alpha value is 0.217. The van der Waals surface area contributed by atoms with E-state index in [1.807, 2.05) is 0 Å². The van der Waals surface area contributed by atoms with E-state index in [0.717, 1.165) is 9.52 Å². The van der Waals surface area contributed by atoms with E-state index in [1.54, 1.807) is 0 Å². The first-order valence-electron chi connectivity index (χ1n) is 4.69. The molecule has 10 heavy (non-hydrogen) atoms. The van der Waals surface area contributed by atoms with E-state index in [0.29, 0.717) is 0 Å². The highest BCUT2D eigenvalue weighted by Gasteiger charge is 1.87. The first kappa shape index (κ1) is 10.2. The molecule has 0 aromatic carbocycles. The van der Waals surface area contributed by atoms with Gasteiger partial charge in [0.1, 0.15) is 0 Å². The van der Waals surface area contributed by atoms with Gasteiger partial charge in [-0.3, -0.25) is 0 Å². The van der Waals surface area contributed by atoms with E-state index < -0.39 is 0 Å². The Labute approximate surface area is 68.2 Å². The van der Waals surface area contributed by atoms with Crippen LogP contribution in [-0.4, -0.2) is 9.52 Å². The summed E-state index contributed by atoms with van der Waals surface area (Å²) in [5.41, 5.74) is 0. The predicted octanol–water partition coefficient (Wildman–Crippen LogP) is 3.25. The zero-order valence-corrected chi connectivity index (χ0v) is 8.68. The lowest BCUT2D eigenvalue weighted by Crippen LogP contribution is -1.82. The minimum atomic E-state index is 0.772. The molecule has 0 N–H and O–H groups in total. The van der Waals surface area contributed by atoms with Crippen LogP contribution >= 0.6 is 0 Å². The van der Waals surface area contributed by atoms with E-state index in [9.17, 15) is 0 Å². The summed E-state index contributed by atoms with van der Waals surface area (Å²) in [5, 5.41) is 0. The standard InChI is InChI=1S/C9H21Si/c1-3-4-5-6-7-8-9-10-2/h10H,3-9H2,1-2H3. The van der Waals surface area contributed by atoms with Gasteiger partial charge in [0.25, 0.3) is 0 Å². The van der Waals surface area contributed by atoms with E-state index in [2.05, 4.69) is 13.5 Å². The third-order valence-corrected chi connectivity index (χ3v) is 2.83. The number of rotatable bonds is 7. The molecule has 0 spiro atoms. The number of unbranched alkanes of at least 4 members (excludes halogenated alkanes) is 5. The zero-order valence-electron chi connectivity index (χ0n) is 7.53. The maximum absolute atomic E-state index is 2.35. The van der Waals surface area contributed by atoms with Crippen LogP contribution < -0.4 is 0 Å². The monoisotopic (exact) mass is 157 g/mol. The molecule has 0 aliphatic carbocycles. The van der Waals surface area contributed by atoms with Gasteiger partial charge >= 0.3 is 0 Å². The number of hydrogen-bond acceptors (Lipinski definition) is 0. The molecule has 1 radical (unpaired) electrons. The van der Waals surface area contributed by atoms with Crippen LogP contribution in [0.2, 0.25) is 12.6 Å². The normalized spacial score (nSPS) is 10.2. The van der Waals surface area contributed by atoms with Crippen LogP contribution in [0.15, 0.2) is 0 Å². The van der Waals surface area contributed by atoms with Crippen molar-refractivity contribution in [3.05, 3.63) is 0 Å². The Kier molecular flexibility index (Phi) is 9.42. The molecule has 0 amide bonds. The zero-order chi connectivity index (χ0) is 7.66. The molecule has 0 fully saturated rings. The molecule has 61 valence electrons. The summed E-state index contributed by atoms with van der Waals surface area (Å²) >= 11 is 0. The molecule has 0 rings (SSSR count). The summed E-state index contributed by atoms with van der Waals surface area (Å²) < 4.78 is 0. The average Bonchev–Trinajstić information content (AvgIpc) is 1.97. The van der Waals surface area contributed by atoms with Gasteiger partial charge in [-0.1, -0.05) is 58.0 Å².